The molecule has 0 aliphatic carbocycles. The van der Waals surface area contributed by atoms with Crippen molar-refractivity contribution in [3.8, 4) is 0 Å². The SMILES string of the molecule is CCC(=O)c1cccn(C(C)(C)CN(C)C)c1=O. The van der Waals surface area contributed by atoms with Crippen LogP contribution in [0.15, 0.2) is 23.1 Å². The Hall–Kier alpha value is -1.42. The summed E-state index contributed by atoms with van der Waals surface area (Å²) in [6.07, 6.45) is 2.10. The fourth-order valence-electron chi connectivity index (χ4n) is 2.22. The van der Waals surface area contributed by atoms with Crippen LogP contribution in [0.4, 0.5) is 0 Å². The van der Waals surface area contributed by atoms with Gasteiger partial charge in [-0.3, -0.25) is 9.59 Å². The maximum absolute atomic E-state index is 12.3. The van der Waals surface area contributed by atoms with E-state index < -0.39 is 0 Å². The van der Waals surface area contributed by atoms with Crippen LogP contribution in [0.3, 0.4) is 0 Å². The summed E-state index contributed by atoms with van der Waals surface area (Å²) in [7, 11) is 3.93. The first kappa shape index (κ1) is 14.6. The number of Topliss-reactive ketones (excluding diaryl/α,β-unsaturated/α-hetero) is 1. The van der Waals surface area contributed by atoms with E-state index in [1.807, 2.05) is 32.8 Å². The second-order valence-electron chi connectivity index (χ2n) is 5.42. The van der Waals surface area contributed by atoms with Gasteiger partial charge in [0.15, 0.2) is 5.78 Å². The van der Waals surface area contributed by atoms with Crippen molar-refractivity contribution in [3.63, 3.8) is 0 Å². The number of ketones is 1. The average molecular weight is 250 g/mol. The van der Waals surface area contributed by atoms with Crippen LogP contribution in [0, 0.1) is 0 Å². The lowest BCUT2D eigenvalue weighted by Gasteiger charge is -2.30. The van der Waals surface area contributed by atoms with Crippen molar-refractivity contribution in [2.75, 3.05) is 20.6 Å². The molecular weight excluding hydrogens is 228 g/mol. The predicted octanol–water partition coefficient (Wildman–Crippen LogP) is 1.74. The van der Waals surface area contributed by atoms with E-state index in [0.717, 1.165) is 6.54 Å². The van der Waals surface area contributed by atoms with Gasteiger partial charge in [-0.05, 0) is 40.1 Å². The highest BCUT2D eigenvalue weighted by Crippen LogP contribution is 2.14. The zero-order valence-corrected chi connectivity index (χ0v) is 11.9. The molecule has 0 amide bonds. The van der Waals surface area contributed by atoms with Gasteiger partial charge in [-0.2, -0.15) is 0 Å². The van der Waals surface area contributed by atoms with Gasteiger partial charge >= 0.3 is 0 Å². The topological polar surface area (TPSA) is 42.3 Å². The molecule has 1 aromatic heterocycles. The summed E-state index contributed by atoms with van der Waals surface area (Å²) >= 11 is 0. The molecule has 0 unspecified atom stereocenters. The molecule has 0 atom stereocenters. The Morgan fingerprint density at radius 1 is 1.39 bits per heavy atom. The van der Waals surface area contributed by atoms with Gasteiger partial charge in [-0.15, -0.1) is 0 Å². The molecule has 0 aromatic carbocycles. The van der Waals surface area contributed by atoms with Crippen LogP contribution in [0.1, 0.15) is 37.6 Å². The number of likely N-dealkylation sites (N-methyl/N-ethyl adjacent to an activating group) is 1. The highest BCUT2D eigenvalue weighted by Gasteiger charge is 2.23. The van der Waals surface area contributed by atoms with E-state index in [4.69, 9.17) is 0 Å². The molecule has 0 aliphatic rings. The van der Waals surface area contributed by atoms with Crippen molar-refractivity contribution in [1.29, 1.82) is 0 Å². The lowest BCUT2D eigenvalue weighted by Crippen LogP contribution is -2.44. The molecule has 0 saturated carbocycles. The highest BCUT2D eigenvalue weighted by molar-refractivity contribution is 5.95. The number of carbonyl (C=O) groups is 1. The van der Waals surface area contributed by atoms with E-state index in [2.05, 4.69) is 0 Å². The van der Waals surface area contributed by atoms with E-state index >= 15 is 0 Å². The summed E-state index contributed by atoms with van der Waals surface area (Å²) in [6, 6.07) is 3.37. The number of aromatic nitrogens is 1. The van der Waals surface area contributed by atoms with Gasteiger partial charge in [0, 0.05) is 19.2 Å². The molecule has 0 radical (unpaired) electrons. The fraction of sp³-hybridized carbons (Fsp3) is 0.571. The first-order valence-electron chi connectivity index (χ1n) is 6.19. The molecular formula is C14H22N2O2. The Kier molecular flexibility index (Phi) is 4.46. The molecule has 0 saturated heterocycles. The number of hydrogen-bond acceptors (Lipinski definition) is 3. The Labute approximate surface area is 108 Å². The predicted molar refractivity (Wildman–Crippen MR) is 73.2 cm³/mol. The lowest BCUT2D eigenvalue weighted by molar-refractivity contribution is 0.0985. The molecule has 0 N–H and O–H groups in total. The normalized spacial score (nSPS) is 11.9. The van der Waals surface area contributed by atoms with Gasteiger partial charge in [-0.25, -0.2) is 0 Å². The zero-order valence-electron chi connectivity index (χ0n) is 11.9. The largest absolute Gasteiger partial charge is 0.308 e. The minimum atomic E-state index is -0.343. The third kappa shape index (κ3) is 3.07. The molecule has 0 aliphatic heterocycles. The minimum Gasteiger partial charge on any atom is -0.308 e. The van der Waals surface area contributed by atoms with Crippen LogP contribution in [0.25, 0.3) is 0 Å². The smallest absolute Gasteiger partial charge is 0.261 e. The van der Waals surface area contributed by atoms with E-state index in [0.29, 0.717) is 6.42 Å². The molecule has 0 spiro atoms. The van der Waals surface area contributed by atoms with Crippen LogP contribution >= 0.6 is 0 Å². The Morgan fingerprint density at radius 3 is 2.50 bits per heavy atom. The number of pyridine rings is 1. The third-order valence-corrected chi connectivity index (χ3v) is 2.92. The lowest BCUT2D eigenvalue weighted by atomic mass is 10.0. The summed E-state index contributed by atoms with van der Waals surface area (Å²) in [6.45, 7) is 6.49. The molecule has 100 valence electrons. The number of rotatable bonds is 5. The van der Waals surface area contributed by atoms with E-state index in [1.165, 1.54) is 0 Å². The first-order valence-corrected chi connectivity index (χ1v) is 6.19. The molecule has 18 heavy (non-hydrogen) atoms. The van der Waals surface area contributed by atoms with Gasteiger partial charge in [-0.1, -0.05) is 6.92 Å². The highest BCUT2D eigenvalue weighted by atomic mass is 16.1. The second-order valence-corrected chi connectivity index (χ2v) is 5.42. The Morgan fingerprint density at radius 2 is 2.00 bits per heavy atom. The van der Waals surface area contributed by atoms with Crippen molar-refractivity contribution < 1.29 is 4.79 Å². The van der Waals surface area contributed by atoms with E-state index in [9.17, 15) is 9.59 Å². The maximum Gasteiger partial charge on any atom is 0.261 e. The van der Waals surface area contributed by atoms with Crippen molar-refractivity contribution in [3.05, 3.63) is 34.2 Å². The van der Waals surface area contributed by atoms with Gasteiger partial charge in [0.1, 0.15) is 0 Å². The van der Waals surface area contributed by atoms with Crippen LogP contribution in [0.5, 0.6) is 0 Å². The van der Waals surface area contributed by atoms with Gasteiger partial charge < -0.3 is 9.47 Å². The summed E-state index contributed by atoms with van der Waals surface area (Å²) in [4.78, 5) is 26.1. The van der Waals surface area contributed by atoms with E-state index in [1.54, 1.807) is 29.8 Å². The number of nitrogens with zero attached hydrogens (tertiary/aromatic N) is 2. The number of hydrogen-bond donors (Lipinski definition) is 0. The molecule has 0 bridgehead atoms. The van der Waals surface area contributed by atoms with Gasteiger partial charge in [0.05, 0.1) is 11.1 Å². The Bertz CT molecular complexity index is 487. The summed E-state index contributed by atoms with van der Waals surface area (Å²) in [5.41, 5.74) is -0.257. The van der Waals surface area contributed by atoms with Gasteiger partial charge in [0.25, 0.3) is 5.56 Å². The first-order chi connectivity index (χ1) is 8.29. The molecule has 1 heterocycles. The van der Waals surface area contributed by atoms with Crippen LogP contribution in [-0.4, -0.2) is 35.9 Å². The molecule has 4 nitrogen and oxygen atoms in total. The third-order valence-electron chi connectivity index (χ3n) is 2.92. The monoisotopic (exact) mass is 250 g/mol. The molecule has 4 heteroatoms. The quantitative estimate of drug-likeness (QED) is 0.748. The average Bonchev–Trinajstić information content (AvgIpc) is 2.26. The molecule has 1 aromatic rings. The Balaban J connectivity index is 3.27. The summed E-state index contributed by atoms with van der Waals surface area (Å²) < 4.78 is 1.65. The zero-order chi connectivity index (χ0) is 13.9. The second kappa shape index (κ2) is 5.48. The van der Waals surface area contributed by atoms with Crippen molar-refractivity contribution >= 4 is 5.78 Å². The molecule has 1 rings (SSSR count). The minimum absolute atomic E-state index is 0.102. The maximum atomic E-state index is 12.3. The van der Waals surface area contributed by atoms with Crippen molar-refractivity contribution in [2.24, 2.45) is 0 Å². The van der Waals surface area contributed by atoms with Crippen LogP contribution < -0.4 is 5.56 Å². The van der Waals surface area contributed by atoms with Crippen molar-refractivity contribution in [2.45, 2.75) is 32.7 Å². The standard InChI is InChI=1S/C14H22N2O2/c1-6-12(17)11-8-7-9-16(13(11)18)14(2,3)10-15(4)5/h7-9H,6,10H2,1-5H3. The van der Waals surface area contributed by atoms with Crippen molar-refractivity contribution in [1.82, 2.24) is 9.47 Å². The molecule has 0 fully saturated rings. The fourth-order valence-corrected chi connectivity index (χ4v) is 2.22. The van der Waals surface area contributed by atoms with Crippen LogP contribution in [-0.2, 0) is 5.54 Å². The van der Waals surface area contributed by atoms with E-state index in [-0.39, 0.29) is 22.4 Å². The summed E-state index contributed by atoms with van der Waals surface area (Å²) in [5, 5.41) is 0. The summed E-state index contributed by atoms with van der Waals surface area (Å²) in [5.74, 6) is -0.102. The van der Waals surface area contributed by atoms with Gasteiger partial charge in [0.2, 0.25) is 0 Å². The number of carbonyl (C=O) groups excluding carboxylic acids is 1. The van der Waals surface area contributed by atoms with Crippen LogP contribution in [0.2, 0.25) is 0 Å².